The van der Waals surface area contributed by atoms with Gasteiger partial charge in [0.05, 0.1) is 0 Å². The lowest BCUT2D eigenvalue weighted by atomic mass is 10.0. The molecule has 2 heteroatoms. The highest BCUT2D eigenvalue weighted by molar-refractivity contribution is 4.83. The molecule has 1 saturated heterocycles. The van der Waals surface area contributed by atoms with Gasteiger partial charge in [-0.1, -0.05) is 6.92 Å². The second-order valence-electron chi connectivity index (χ2n) is 5.18. The van der Waals surface area contributed by atoms with E-state index in [0.29, 0.717) is 0 Å². The van der Waals surface area contributed by atoms with Crippen LogP contribution in [0.25, 0.3) is 0 Å². The monoisotopic (exact) mass is 196 g/mol. The zero-order valence-electron chi connectivity index (χ0n) is 9.39. The molecule has 3 atom stereocenters. The molecule has 82 valence electrons. The van der Waals surface area contributed by atoms with E-state index in [1.54, 1.807) is 0 Å². The second kappa shape index (κ2) is 5.13. The number of rotatable bonds is 6. The highest BCUT2D eigenvalue weighted by atomic mass is 14.9. The largest absolute Gasteiger partial charge is 0.316 e. The van der Waals surface area contributed by atoms with E-state index in [2.05, 4.69) is 17.6 Å². The molecule has 2 fully saturated rings. The Labute approximate surface area is 87.8 Å². The molecule has 1 aliphatic carbocycles. The van der Waals surface area contributed by atoms with Crippen molar-refractivity contribution in [3.05, 3.63) is 0 Å². The lowest BCUT2D eigenvalue weighted by Gasteiger charge is -2.08. The van der Waals surface area contributed by atoms with Crippen molar-refractivity contribution in [2.45, 2.75) is 32.6 Å². The average molecular weight is 196 g/mol. The first-order valence-electron chi connectivity index (χ1n) is 6.27. The maximum atomic E-state index is 3.58. The predicted molar refractivity (Wildman–Crippen MR) is 60.4 cm³/mol. The Bertz CT molecular complexity index is 164. The SMILES string of the molecule is CC1CC1CNCCCC1CCNC1. The van der Waals surface area contributed by atoms with Gasteiger partial charge in [0, 0.05) is 0 Å². The Balaban J connectivity index is 1.39. The molecule has 1 aliphatic heterocycles. The minimum Gasteiger partial charge on any atom is -0.316 e. The van der Waals surface area contributed by atoms with Crippen LogP contribution in [0.15, 0.2) is 0 Å². The van der Waals surface area contributed by atoms with Crippen molar-refractivity contribution in [1.82, 2.24) is 10.6 Å². The normalized spacial score (nSPS) is 36.2. The Morgan fingerprint density at radius 3 is 2.93 bits per heavy atom. The molecule has 1 saturated carbocycles. The van der Waals surface area contributed by atoms with Crippen LogP contribution < -0.4 is 10.6 Å². The molecule has 1 heterocycles. The zero-order valence-corrected chi connectivity index (χ0v) is 9.39. The third kappa shape index (κ3) is 3.25. The van der Waals surface area contributed by atoms with Crippen molar-refractivity contribution in [3.63, 3.8) is 0 Å². The summed E-state index contributed by atoms with van der Waals surface area (Å²) in [6.45, 7) is 7.37. The van der Waals surface area contributed by atoms with Crippen LogP contribution in [0.5, 0.6) is 0 Å². The topological polar surface area (TPSA) is 24.1 Å². The Morgan fingerprint density at radius 1 is 1.43 bits per heavy atom. The van der Waals surface area contributed by atoms with E-state index in [0.717, 1.165) is 17.8 Å². The summed E-state index contributed by atoms with van der Waals surface area (Å²) in [5, 5.41) is 7.01. The van der Waals surface area contributed by atoms with Crippen LogP contribution in [0.2, 0.25) is 0 Å². The lowest BCUT2D eigenvalue weighted by molar-refractivity contribution is 0.486. The van der Waals surface area contributed by atoms with Gasteiger partial charge in [0.15, 0.2) is 0 Å². The minimum atomic E-state index is 0.969. The number of hydrogen-bond donors (Lipinski definition) is 2. The highest BCUT2D eigenvalue weighted by Gasteiger charge is 2.31. The van der Waals surface area contributed by atoms with Crippen LogP contribution in [0.3, 0.4) is 0 Å². The Kier molecular flexibility index (Phi) is 3.82. The van der Waals surface area contributed by atoms with Gasteiger partial charge in [0.1, 0.15) is 0 Å². The Hall–Kier alpha value is -0.0800. The molecule has 0 amide bonds. The summed E-state index contributed by atoms with van der Waals surface area (Å²) in [7, 11) is 0. The summed E-state index contributed by atoms with van der Waals surface area (Å²) in [6.07, 6.45) is 5.65. The fraction of sp³-hybridized carbons (Fsp3) is 1.00. The molecule has 0 bridgehead atoms. The van der Waals surface area contributed by atoms with Crippen molar-refractivity contribution in [2.75, 3.05) is 26.2 Å². The molecule has 2 aliphatic rings. The number of hydrogen-bond acceptors (Lipinski definition) is 2. The molecule has 0 spiro atoms. The van der Waals surface area contributed by atoms with E-state index >= 15 is 0 Å². The van der Waals surface area contributed by atoms with E-state index in [1.165, 1.54) is 51.9 Å². The average Bonchev–Trinajstić information content (AvgIpc) is 2.69. The molecule has 3 unspecified atom stereocenters. The van der Waals surface area contributed by atoms with E-state index < -0.39 is 0 Å². The Morgan fingerprint density at radius 2 is 2.29 bits per heavy atom. The van der Waals surface area contributed by atoms with Crippen LogP contribution in [0, 0.1) is 17.8 Å². The van der Waals surface area contributed by atoms with Gasteiger partial charge in [-0.2, -0.15) is 0 Å². The van der Waals surface area contributed by atoms with Gasteiger partial charge in [-0.15, -0.1) is 0 Å². The lowest BCUT2D eigenvalue weighted by Crippen LogP contribution is -2.19. The van der Waals surface area contributed by atoms with Crippen LogP contribution in [-0.2, 0) is 0 Å². The molecule has 0 radical (unpaired) electrons. The van der Waals surface area contributed by atoms with Gasteiger partial charge in [-0.05, 0) is 69.6 Å². The van der Waals surface area contributed by atoms with E-state index in [4.69, 9.17) is 0 Å². The quantitative estimate of drug-likeness (QED) is 0.631. The van der Waals surface area contributed by atoms with Crippen LogP contribution in [-0.4, -0.2) is 26.2 Å². The maximum Gasteiger partial charge on any atom is -0.00179 e. The van der Waals surface area contributed by atoms with Gasteiger partial charge in [0.25, 0.3) is 0 Å². The van der Waals surface area contributed by atoms with Crippen molar-refractivity contribution in [3.8, 4) is 0 Å². The smallest absolute Gasteiger partial charge is 0.00179 e. The van der Waals surface area contributed by atoms with Crippen molar-refractivity contribution in [2.24, 2.45) is 17.8 Å². The third-order valence-corrected chi connectivity index (χ3v) is 3.81. The molecule has 2 N–H and O–H groups in total. The molecule has 0 aromatic carbocycles. The fourth-order valence-corrected chi connectivity index (χ4v) is 2.45. The summed E-state index contributed by atoms with van der Waals surface area (Å²) in [5.74, 6) is 2.97. The highest BCUT2D eigenvalue weighted by Crippen LogP contribution is 2.36. The summed E-state index contributed by atoms with van der Waals surface area (Å²) >= 11 is 0. The zero-order chi connectivity index (χ0) is 9.80. The first kappa shape index (κ1) is 10.4. The van der Waals surface area contributed by atoms with Gasteiger partial charge in [-0.3, -0.25) is 0 Å². The first-order valence-corrected chi connectivity index (χ1v) is 6.27. The standard InChI is InChI=1S/C12H24N2/c1-10-7-12(10)9-13-5-2-3-11-4-6-14-8-11/h10-14H,2-9H2,1H3. The maximum absolute atomic E-state index is 3.58. The molecule has 0 aromatic heterocycles. The van der Waals surface area contributed by atoms with Crippen molar-refractivity contribution in [1.29, 1.82) is 0 Å². The molecule has 2 nitrogen and oxygen atoms in total. The van der Waals surface area contributed by atoms with Crippen molar-refractivity contribution < 1.29 is 0 Å². The van der Waals surface area contributed by atoms with Gasteiger partial charge in [0.2, 0.25) is 0 Å². The minimum absolute atomic E-state index is 0.969. The fourth-order valence-electron chi connectivity index (χ4n) is 2.45. The van der Waals surface area contributed by atoms with Gasteiger partial charge < -0.3 is 10.6 Å². The van der Waals surface area contributed by atoms with Crippen LogP contribution >= 0.6 is 0 Å². The predicted octanol–water partition coefficient (Wildman–Crippen LogP) is 1.62. The second-order valence-corrected chi connectivity index (χ2v) is 5.18. The molecular formula is C12H24N2. The van der Waals surface area contributed by atoms with Crippen molar-refractivity contribution >= 4 is 0 Å². The third-order valence-electron chi connectivity index (χ3n) is 3.81. The summed E-state index contributed by atoms with van der Waals surface area (Å²) in [6, 6.07) is 0. The summed E-state index contributed by atoms with van der Waals surface area (Å²) < 4.78 is 0. The summed E-state index contributed by atoms with van der Waals surface area (Å²) in [5.41, 5.74) is 0. The van der Waals surface area contributed by atoms with Crippen LogP contribution in [0.4, 0.5) is 0 Å². The van der Waals surface area contributed by atoms with E-state index in [9.17, 15) is 0 Å². The van der Waals surface area contributed by atoms with E-state index in [-0.39, 0.29) is 0 Å². The van der Waals surface area contributed by atoms with E-state index in [1.807, 2.05) is 0 Å². The summed E-state index contributed by atoms with van der Waals surface area (Å²) in [4.78, 5) is 0. The molecule has 0 aromatic rings. The molecular weight excluding hydrogens is 172 g/mol. The van der Waals surface area contributed by atoms with Gasteiger partial charge in [-0.25, -0.2) is 0 Å². The molecule has 2 rings (SSSR count). The number of nitrogens with one attached hydrogen (secondary N) is 2. The van der Waals surface area contributed by atoms with Crippen LogP contribution in [0.1, 0.15) is 32.6 Å². The first-order chi connectivity index (χ1) is 6.86. The molecule has 14 heavy (non-hydrogen) atoms. The van der Waals surface area contributed by atoms with Gasteiger partial charge >= 0.3 is 0 Å².